The fourth-order valence-corrected chi connectivity index (χ4v) is 1.60. The van der Waals surface area contributed by atoms with Crippen LogP contribution in [0.2, 0.25) is 0 Å². The molecule has 0 bridgehead atoms. The van der Waals surface area contributed by atoms with Gasteiger partial charge in [-0.1, -0.05) is 0 Å². The van der Waals surface area contributed by atoms with E-state index in [1.807, 2.05) is 0 Å². The van der Waals surface area contributed by atoms with Crippen molar-refractivity contribution in [3.8, 4) is 11.6 Å². The average Bonchev–Trinajstić information content (AvgIpc) is 2.70. The smallest absolute Gasteiger partial charge is 0.273 e. The van der Waals surface area contributed by atoms with Gasteiger partial charge in [-0.2, -0.15) is 4.98 Å². The largest absolute Gasteiger partial charge is 0.437 e. The van der Waals surface area contributed by atoms with E-state index in [1.54, 1.807) is 13.8 Å². The third-order valence-corrected chi connectivity index (χ3v) is 2.56. The first kappa shape index (κ1) is 10.8. The molecule has 3 N–H and O–H groups in total. The zero-order valence-electron chi connectivity index (χ0n) is 8.55. The summed E-state index contributed by atoms with van der Waals surface area (Å²) in [5.41, 5.74) is 0.581. The van der Waals surface area contributed by atoms with Crippen molar-refractivity contribution in [2.75, 3.05) is 0 Å². The van der Waals surface area contributed by atoms with Crippen LogP contribution in [0.5, 0.6) is 0 Å². The van der Waals surface area contributed by atoms with Gasteiger partial charge in [0.15, 0.2) is 11.7 Å². The second kappa shape index (κ2) is 3.39. The fourth-order valence-electron chi connectivity index (χ4n) is 1.21. The lowest BCUT2D eigenvalue weighted by atomic mass is 10.3. The molecular formula is C7H9N5O3S. The number of nitrogens with zero attached hydrogens (tertiary/aromatic N) is 3. The van der Waals surface area contributed by atoms with E-state index in [1.165, 1.54) is 0 Å². The van der Waals surface area contributed by atoms with E-state index in [-0.39, 0.29) is 5.82 Å². The normalized spacial score (nSPS) is 11.9. The molecule has 0 spiro atoms. The highest BCUT2D eigenvalue weighted by Crippen LogP contribution is 2.20. The molecule has 86 valence electrons. The quantitative estimate of drug-likeness (QED) is 0.746. The van der Waals surface area contributed by atoms with Crippen molar-refractivity contribution in [2.24, 2.45) is 5.14 Å². The number of nitrogens with one attached hydrogen (secondary N) is 1. The zero-order valence-corrected chi connectivity index (χ0v) is 9.37. The van der Waals surface area contributed by atoms with Crippen molar-refractivity contribution in [1.82, 2.24) is 20.2 Å². The first-order chi connectivity index (χ1) is 7.38. The summed E-state index contributed by atoms with van der Waals surface area (Å²) in [6.45, 7) is 3.38. The van der Waals surface area contributed by atoms with Crippen molar-refractivity contribution in [3.63, 3.8) is 0 Å². The van der Waals surface area contributed by atoms with Crippen LogP contribution in [0.1, 0.15) is 11.6 Å². The number of primary sulfonamides is 1. The van der Waals surface area contributed by atoms with Crippen LogP contribution in [-0.4, -0.2) is 28.6 Å². The SMILES string of the molecule is Cc1nc(C)c(-c2n[nH]c(S(N)(=O)=O)n2)o1. The maximum atomic E-state index is 11.0. The number of oxazole rings is 1. The van der Waals surface area contributed by atoms with Crippen LogP contribution in [-0.2, 0) is 10.0 Å². The van der Waals surface area contributed by atoms with Gasteiger partial charge in [0, 0.05) is 6.92 Å². The van der Waals surface area contributed by atoms with Gasteiger partial charge in [0.2, 0.25) is 5.82 Å². The number of nitrogens with two attached hydrogens (primary N) is 1. The van der Waals surface area contributed by atoms with Crippen molar-refractivity contribution in [2.45, 2.75) is 19.0 Å². The highest BCUT2D eigenvalue weighted by atomic mass is 32.2. The van der Waals surface area contributed by atoms with E-state index in [2.05, 4.69) is 20.2 Å². The van der Waals surface area contributed by atoms with E-state index in [9.17, 15) is 8.42 Å². The Hall–Kier alpha value is -1.74. The molecule has 0 amide bonds. The number of rotatable bonds is 2. The maximum absolute atomic E-state index is 11.0. The minimum absolute atomic E-state index is 0.113. The van der Waals surface area contributed by atoms with E-state index in [4.69, 9.17) is 9.56 Å². The van der Waals surface area contributed by atoms with Gasteiger partial charge in [-0.15, -0.1) is 5.10 Å². The zero-order chi connectivity index (χ0) is 11.9. The molecule has 2 rings (SSSR count). The number of aromatic nitrogens is 4. The molecule has 2 aromatic rings. The highest BCUT2D eigenvalue weighted by molar-refractivity contribution is 7.89. The van der Waals surface area contributed by atoms with Crippen LogP contribution in [0.25, 0.3) is 11.6 Å². The van der Waals surface area contributed by atoms with Gasteiger partial charge >= 0.3 is 0 Å². The van der Waals surface area contributed by atoms with Crippen molar-refractivity contribution < 1.29 is 12.8 Å². The fraction of sp³-hybridized carbons (Fsp3) is 0.286. The van der Waals surface area contributed by atoms with Crippen molar-refractivity contribution in [1.29, 1.82) is 0 Å². The molecule has 0 radical (unpaired) electrons. The van der Waals surface area contributed by atoms with E-state index >= 15 is 0 Å². The third-order valence-electron chi connectivity index (χ3n) is 1.84. The van der Waals surface area contributed by atoms with Gasteiger partial charge in [-0.05, 0) is 6.92 Å². The Kier molecular flexibility index (Phi) is 2.28. The molecular weight excluding hydrogens is 234 g/mol. The molecule has 16 heavy (non-hydrogen) atoms. The van der Waals surface area contributed by atoms with Crippen molar-refractivity contribution >= 4 is 10.0 Å². The Morgan fingerprint density at radius 3 is 2.44 bits per heavy atom. The summed E-state index contributed by atoms with van der Waals surface area (Å²) in [5, 5.41) is 10.4. The predicted octanol–water partition coefficient (Wildman–Crippen LogP) is -0.276. The summed E-state index contributed by atoms with van der Waals surface area (Å²) >= 11 is 0. The monoisotopic (exact) mass is 243 g/mol. The predicted molar refractivity (Wildman–Crippen MR) is 52.7 cm³/mol. The number of H-pyrrole nitrogens is 1. The Bertz CT molecular complexity index is 626. The van der Waals surface area contributed by atoms with Crippen LogP contribution in [0, 0.1) is 13.8 Å². The van der Waals surface area contributed by atoms with Gasteiger partial charge < -0.3 is 4.42 Å². The van der Waals surface area contributed by atoms with Gasteiger partial charge in [-0.25, -0.2) is 23.6 Å². The summed E-state index contributed by atoms with van der Waals surface area (Å²) < 4.78 is 27.2. The first-order valence-corrected chi connectivity index (χ1v) is 5.82. The van der Waals surface area contributed by atoms with Gasteiger partial charge in [0.1, 0.15) is 0 Å². The second-order valence-electron chi connectivity index (χ2n) is 3.16. The Morgan fingerprint density at radius 1 is 1.31 bits per heavy atom. The summed E-state index contributed by atoms with van der Waals surface area (Å²) in [7, 11) is -3.89. The molecule has 0 aliphatic rings. The molecule has 0 unspecified atom stereocenters. The number of hydrogen-bond acceptors (Lipinski definition) is 6. The van der Waals surface area contributed by atoms with Crippen LogP contribution in [0.15, 0.2) is 9.57 Å². The maximum Gasteiger partial charge on any atom is 0.273 e. The lowest BCUT2D eigenvalue weighted by molar-refractivity contribution is 0.530. The molecule has 0 aromatic carbocycles. The van der Waals surface area contributed by atoms with Crippen LogP contribution in [0.4, 0.5) is 0 Å². The number of hydrogen-bond donors (Lipinski definition) is 2. The minimum atomic E-state index is -3.89. The molecule has 0 saturated heterocycles. The molecule has 9 heteroatoms. The minimum Gasteiger partial charge on any atom is -0.437 e. The molecule has 8 nitrogen and oxygen atoms in total. The third kappa shape index (κ3) is 1.82. The molecule has 0 saturated carbocycles. The van der Waals surface area contributed by atoms with Gasteiger partial charge in [0.05, 0.1) is 5.69 Å². The first-order valence-electron chi connectivity index (χ1n) is 4.27. The van der Waals surface area contributed by atoms with Crippen LogP contribution in [0.3, 0.4) is 0 Å². The lowest BCUT2D eigenvalue weighted by Crippen LogP contribution is -2.13. The van der Waals surface area contributed by atoms with E-state index in [0.29, 0.717) is 17.3 Å². The highest BCUT2D eigenvalue weighted by Gasteiger charge is 2.19. The van der Waals surface area contributed by atoms with Gasteiger partial charge in [0.25, 0.3) is 15.2 Å². The molecule has 0 aliphatic carbocycles. The van der Waals surface area contributed by atoms with Gasteiger partial charge in [-0.3, -0.25) is 0 Å². The number of aryl methyl sites for hydroxylation is 2. The molecule has 2 aromatic heterocycles. The summed E-state index contributed by atoms with van der Waals surface area (Å²) in [5.74, 6) is 0.889. The van der Waals surface area contributed by atoms with E-state index in [0.717, 1.165) is 0 Å². The van der Waals surface area contributed by atoms with E-state index < -0.39 is 15.2 Å². The Morgan fingerprint density at radius 2 is 2.00 bits per heavy atom. The van der Waals surface area contributed by atoms with Crippen LogP contribution < -0.4 is 5.14 Å². The number of sulfonamides is 1. The summed E-state index contributed by atoms with van der Waals surface area (Å²) in [4.78, 5) is 7.73. The van der Waals surface area contributed by atoms with Crippen molar-refractivity contribution in [3.05, 3.63) is 11.6 Å². The Balaban J connectivity index is 2.51. The summed E-state index contributed by atoms with van der Waals surface area (Å²) in [6.07, 6.45) is 0. The average molecular weight is 243 g/mol. The second-order valence-corrected chi connectivity index (χ2v) is 4.63. The molecule has 0 aliphatic heterocycles. The molecule has 2 heterocycles. The van der Waals surface area contributed by atoms with Crippen LogP contribution >= 0.6 is 0 Å². The molecule has 0 fully saturated rings. The topological polar surface area (TPSA) is 128 Å². The Labute approximate surface area is 90.9 Å². The summed E-state index contributed by atoms with van der Waals surface area (Å²) in [6, 6.07) is 0. The molecule has 0 atom stereocenters. The standard InChI is InChI=1S/C7H9N5O3S/c1-3-5(15-4(2)9-3)6-10-7(12-11-6)16(8,13)14/h1-2H3,(H2,8,13,14)(H,10,11,12). The number of aromatic amines is 1. The lowest BCUT2D eigenvalue weighted by Gasteiger charge is -1.88.